The van der Waals surface area contributed by atoms with Crippen LogP contribution in [0, 0.1) is 17.7 Å². The highest BCUT2D eigenvalue weighted by molar-refractivity contribution is 6.12. The van der Waals surface area contributed by atoms with E-state index in [4.69, 9.17) is 14.2 Å². The van der Waals surface area contributed by atoms with Gasteiger partial charge in [0.25, 0.3) is 0 Å². The number of esters is 2. The second kappa shape index (κ2) is 10.1. The lowest BCUT2D eigenvalue weighted by atomic mass is 9.69. The quantitative estimate of drug-likeness (QED) is 0.392. The van der Waals surface area contributed by atoms with Crippen molar-refractivity contribution in [3.8, 4) is 0 Å². The van der Waals surface area contributed by atoms with E-state index in [0.29, 0.717) is 35.6 Å². The number of carbonyl (C=O) groups is 3. The summed E-state index contributed by atoms with van der Waals surface area (Å²) in [6.45, 7) is 6.19. The normalized spacial score (nSPS) is 22.9. The van der Waals surface area contributed by atoms with E-state index >= 15 is 0 Å². The summed E-state index contributed by atoms with van der Waals surface area (Å²) in [6, 6.07) is 5.63. The highest BCUT2D eigenvalue weighted by Crippen LogP contribution is 2.45. The predicted molar refractivity (Wildman–Crippen MR) is 114 cm³/mol. The number of benzene rings is 1. The van der Waals surface area contributed by atoms with Gasteiger partial charge in [-0.3, -0.25) is 9.59 Å². The Morgan fingerprint density at radius 3 is 2.50 bits per heavy atom. The number of ketones is 1. The number of hydrogen-bond acceptors (Lipinski definition) is 7. The molecule has 1 aromatic carbocycles. The van der Waals surface area contributed by atoms with E-state index < -0.39 is 35.4 Å². The fourth-order valence-corrected chi connectivity index (χ4v) is 4.36. The molecule has 7 nitrogen and oxygen atoms in total. The topological polar surface area (TPSA) is 90.9 Å². The zero-order chi connectivity index (χ0) is 23.4. The van der Waals surface area contributed by atoms with Gasteiger partial charge in [0.2, 0.25) is 0 Å². The van der Waals surface area contributed by atoms with Crippen molar-refractivity contribution in [1.82, 2.24) is 5.32 Å². The van der Waals surface area contributed by atoms with Crippen LogP contribution in [0.15, 0.2) is 46.8 Å². The number of rotatable bonds is 7. The van der Waals surface area contributed by atoms with Crippen molar-refractivity contribution in [2.24, 2.45) is 11.8 Å². The number of allylic oxidation sites excluding steroid dienone is 3. The Kier molecular flexibility index (Phi) is 7.45. The number of methoxy groups -OCH3 is 1. The molecule has 3 rings (SSSR count). The van der Waals surface area contributed by atoms with E-state index in [9.17, 15) is 18.8 Å². The Hall–Kier alpha value is -3.00. The summed E-state index contributed by atoms with van der Waals surface area (Å²) in [6.07, 6.45) is 0.433. The largest absolute Gasteiger partial charge is 0.468 e. The van der Waals surface area contributed by atoms with E-state index in [2.05, 4.69) is 5.32 Å². The van der Waals surface area contributed by atoms with E-state index in [-0.39, 0.29) is 24.7 Å². The molecule has 32 heavy (non-hydrogen) atoms. The summed E-state index contributed by atoms with van der Waals surface area (Å²) >= 11 is 0. The smallest absolute Gasteiger partial charge is 0.336 e. The van der Waals surface area contributed by atoms with Gasteiger partial charge in [0.05, 0.1) is 19.3 Å². The highest BCUT2D eigenvalue weighted by atomic mass is 19.1. The van der Waals surface area contributed by atoms with Gasteiger partial charge in [-0.15, -0.1) is 0 Å². The van der Waals surface area contributed by atoms with Crippen LogP contribution in [0.1, 0.15) is 38.7 Å². The van der Waals surface area contributed by atoms with E-state index in [1.54, 1.807) is 6.92 Å². The molecule has 0 bridgehead atoms. The SMILES string of the molecule is CCOCCOC(=O)C1=C(C)NC2=C(C(=O)C(C(=O)OC)C(C)C2)C1c1ccc(F)cc1. The summed E-state index contributed by atoms with van der Waals surface area (Å²) in [5, 5.41) is 3.18. The molecule has 0 amide bonds. The molecule has 0 saturated carbocycles. The number of dihydropyridines is 1. The molecule has 1 heterocycles. The van der Waals surface area contributed by atoms with Gasteiger partial charge < -0.3 is 19.5 Å². The van der Waals surface area contributed by atoms with Gasteiger partial charge in [-0.2, -0.15) is 0 Å². The van der Waals surface area contributed by atoms with Gasteiger partial charge in [0.1, 0.15) is 18.3 Å². The summed E-state index contributed by atoms with van der Waals surface area (Å²) in [5.74, 6) is -4.09. The summed E-state index contributed by atoms with van der Waals surface area (Å²) in [7, 11) is 1.24. The number of carbonyl (C=O) groups excluding carboxylic acids is 3. The Morgan fingerprint density at radius 2 is 1.88 bits per heavy atom. The van der Waals surface area contributed by atoms with Crippen LogP contribution in [0.4, 0.5) is 4.39 Å². The zero-order valence-corrected chi connectivity index (χ0v) is 18.7. The maximum atomic E-state index is 13.6. The second-order valence-electron chi connectivity index (χ2n) is 7.92. The van der Waals surface area contributed by atoms with Crippen LogP contribution in [0.3, 0.4) is 0 Å². The van der Waals surface area contributed by atoms with Crippen molar-refractivity contribution in [3.63, 3.8) is 0 Å². The molecule has 0 aromatic heterocycles. The summed E-state index contributed by atoms with van der Waals surface area (Å²) in [5.41, 5.74) is 2.32. The summed E-state index contributed by atoms with van der Waals surface area (Å²) in [4.78, 5) is 39.0. The molecule has 172 valence electrons. The van der Waals surface area contributed by atoms with E-state index in [1.165, 1.54) is 31.4 Å². The molecular weight excluding hydrogens is 417 g/mol. The Bertz CT molecular complexity index is 965. The first-order valence-electron chi connectivity index (χ1n) is 10.6. The van der Waals surface area contributed by atoms with Crippen molar-refractivity contribution in [2.75, 3.05) is 26.9 Å². The molecular formula is C24H28FNO6. The first kappa shape index (κ1) is 23.7. The minimum Gasteiger partial charge on any atom is -0.468 e. The van der Waals surface area contributed by atoms with Crippen molar-refractivity contribution in [2.45, 2.75) is 33.1 Å². The second-order valence-corrected chi connectivity index (χ2v) is 7.92. The lowest BCUT2D eigenvalue weighted by Gasteiger charge is -2.38. The third-order valence-electron chi connectivity index (χ3n) is 5.83. The van der Waals surface area contributed by atoms with Crippen LogP contribution in [0.25, 0.3) is 0 Å². The molecule has 0 spiro atoms. The lowest BCUT2D eigenvalue weighted by Crippen LogP contribution is -2.43. The highest BCUT2D eigenvalue weighted by Gasteiger charge is 2.47. The molecule has 2 aliphatic rings. The molecule has 1 aliphatic carbocycles. The van der Waals surface area contributed by atoms with Gasteiger partial charge in [0, 0.05) is 29.5 Å². The van der Waals surface area contributed by atoms with Crippen LogP contribution in [-0.2, 0) is 28.6 Å². The van der Waals surface area contributed by atoms with E-state index in [0.717, 1.165) is 0 Å². The van der Waals surface area contributed by atoms with Crippen molar-refractivity contribution in [1.29, 1.82) is 0 Å². The average molecular weight is 445 g/mol. The van der Waals surface area contributed by atoms with Gasteiger partial charge in [-0.1, -0.05) is 19.1 Å². The van der Waals surface area contributed by atoms with Crippen LogP contribution in [0.2, 0.25) is 0 Å². The number of Topliss-reactive ketones (excluding diaryl/α,β-unsaturated/α-hetero) is 1. The number of ether oxygens (including phenoxy) is 3. The molecule has 1 N–H and O–H groups in total. The van der Waals surface area contributed by atoms with Crippen molar-refractivity contribution >= 4 is 17.7 Å². The van der Waals surface area contributed by atoms with Crippen LogP contribution >= 0.6 is 0 Å². The lowest BCUT2D eigenvalue weighted by molar-refractivity contribution is -0.151. The van der Waals surface area contributed by atoms with Gasteiger partial charge in [0.15, 0.2) is 5.78 Å². The van der Waals surface area contributed by atoms with E-state index in [1.807, 2.05) is 13.8 Å². The zero-order valence-electron chi connectivity index (χ0n) is 18.7. The maximum Gasteiger partial charge on any atom is 0.336 e. The standard InChI is InChI=1S/C24H28FNO6/c1-5-31-10-11-32-24(29)19-14(3)26-17-12-13(2)18(23(28)30-4)22(27)21(17)20(19)15-6-8-16(25)9-7-15/h6-9,13,18,20,26H,5,10-12H2,1-4H3. The Balaban J connectivity index is 2.06. The minimum absolute atomic E-state index is 0.0568. The number of halogens is 1. The van der Waals surface area contributed by atoms with Gasteiger partial charge in [-0.05, 0) is 43.9 Å². The molecule has 1 aromatic rings. The van der Waals surface area contributed by atoms with Crippen LogP contribution in [-0.4, -0.2) is 44.7 Å². The van der Waals surface area contributed by atoms with Crippen LogP contribution in [0.5, 0.6) is 0 Å². The Morgan fingerprint density at radius 1 is 1.19 bits per heavy atom. The fourth-order valence-electron chi connectivity index (χ4n) is 4.36. The average Bonchev–Trinajstić information content (AvgIpc) is 2.76. The van der Waals surface area contributed by atoms with Crippen molar-refractivity contribution < 1.29 is 33.0 Å². The monoisotopic (exact) mass is 445 g/mol. The number of hydrogen-bond donors (Lipinski definition) is 1. The third kappa shape index (κ3) is 4.60. The maximum absolute atomic E-state index is 13.6. The van der Waals surface area contributed by atoms with Gasteiger partial charge >= 0.3 is 11.9 Å². The minimum atomic E-state index is -0.975. The van der Waals surface area contributed by atoms with Crippen molar-refractivity contribution in [3.05, 3.63) is 58.2 Å². The molecule has 0 radical (unpaired) electrons. The molecule has 8 heteroatoms. The summed E-state index contributed by atoms with van der Waals surface area (Å²) < 4.78 is 29.1. The first-order valence-corrected chi connectivity index (χ1v) is 10.6. The predicted octanol–water partition coefficient (Wildman–Crippen LogP) is 3.02. The molecule has 0 saturated heterocycles. The number of nitrogens with one attached hydrogen (secondary N) is 1. The fraction of sp³-hybridized carbons (Fsp3) is 0.458. The molecule has 3 atom stereocenters. The third-order valence-corrected chi connectivity index (χ3v) is 5.83. The molecule has 0 fully saturated rings. The molecule has 3 unspecified atom stereocenters. The first-order chi connectivity index (χ1) is 15.3. The molecule has 1 aliphatic heterocycles. The van der Waals surface area contributed by atoms with Gasteiger partial charge in [-0.25, -0.2) is 9.18 Å². The Labute approximate surface area is 186 Å². The van der Waals surface area contributed by atoms with Crippen LogP contribution < -0.4 is 5.32 Å².